The molecule has 0 saturated heterocycles. The van der Waals surface area contributed by atoms with Gasteiger partial charge in [0.05, 0.1) is 11.0 Å². The molecular weight excluding hydrogens is 308 g/mol. The first kappa shape index (κ1) is 12.8. The Morgan fingerprint density at radius 1 is 1.41 bits per heavy atom. The van der Waals surface area contributed by atoms with E-state index in [2.05, 4.69) is 20.7 Å². The largest absolute Gasteiger partial charge is 0.398 e. The molecule has 17 heavy (non-hydrogen) atoms. The van der Waals surface area contributed by atoms with Crippen molar-refractivity contribution < 1.29 is 13.5 Å². The quantitative estimate of drug-likeness (QED) is 0.719. The lowest BCUT2D eigenvalue weighted by Crippen LogP contribution is -2.46. The first-order chi connectivity index (χ1) is 7.88. The van der Waals surface area contributed by atoms with Crippen molar-refractivity contribution >= 4 is 31.6 Å². The van der Waals surface area contributed by atoms with Gasteiger partial charge in [0, 0.05) is 16.2 Å². The second-order valence-electron chi connectivity index (χ2n) is 4.13. The molecule has 0 amide bonds. The van der Waals surface area contributed by atoms with Crippen LogP contribution in [-0.2, 0) is 10.0 Å². The predicted octanol–water partition coefficient (Wildman–Crippen LogP) is 0.833. The maximum Gasteiger partial charge on any atom is 0.240 e. The Labute approximate surface area is 108 Å². The maximum atomic E-state index is 12.0. The van der Waals surface area contributed by atoms with Crippen LogP contribution in [0.25, 0.3) is 0 Å². The molecule has 0 heterocycles. The molecule has 0 atom stereocenters. The molecule has 5 nitrogen and oxygen atoms in total. The SMILES string of the molecule is Nc1ccc(S(=O)(=O)NC2CC(O)C2)cc1Br. The molecular formula is C10H13BrN2O3S. The number of halogens is 1. The third-order valence-electron chi connectivity index (χ3n) is 2.72. The van der Waals surface area contributed by atoms with Crippen LogP contribution in [0.2, 0.25) is 0 Å². The van der Waals surface area contributed by atoms with E-state index in [1.54, 1.807) is 0 Å². The number of nitrogen functional groups attached to an aromatic ring is 1. The van der Waals surface area contributed by atoms with E-state index in [9.17, 15) is 8.42 Å². The van der Waals surface area contributed by atoms with E-state index in [1.807, 2.05) is 0 Å². The summed E-state index contributed by atoms with van der Waals surface area (Å²) >= 11 is 3.19. The summed E-state index contributed by atoms with van der Waals surface area (Å²) in [5.74, 6) is 0. The van der Waals surface area contributed by atoms with E-state index < -0.39 is 10.0 Å². The predicted molar refractivity (Wildman–Crippen MR) is 67.9 cm³/mol. The van der Waals surface area contributed by atoms with E-state index in [0.717, 1.165) is 0 Å². The second-order valence-corrected chi connectivity index (χ2v) is 6.70. The van der Waals surface area contributed by atoms with Crippen molar-refractivity contribution in [3.05, 3.63) is 22.7 Å². The molecule has 1 saturated carbocycles. The van der Waals surface area contributed by atoms with E-state index >= 15 is 0 Å². The van der Waals surface area contributed by atoms with Gasteiger partial charge in [-0.25, -0.2) is 13.1 Å². The Kier molecular flexibility index (Phi) is 3.44. The first-order valence-corrected chi connectivity index (χ1v) is 7.41. The lowest BCUT2D eigenvalue weighted by molar-refractivity contribution is 0.0712. The lowest BCUT2D eigenvalue weighted by atomic mass is 9.91. The molecule has 1 aliphatic carbocycles. The van der Waals surface area contributed by atoms with Crippen LogP contribution in [0, 0.1) is 0 Å². The molecule has 1 fully saturated rings. The summed E-state index contributed by atoms with van der Waals surface area (Å²) < 4.78 is 27.0. The van der Waals surface area contributed by atoms with E-state index in [0.29, 0.717) is 23.0 Å². The van der Waals surface area contributed by atoms with Gasteiger partial charge in [0.25, 0.3) is 0 Å². The molecule has 0 aliphatic heterocycles. The second kappa shape index (κ2) is 4.56. The number of rotatable bonds is 3. The highest BCUT2D eigenvalue weighted by atomic mass is 79.9. The van der Waals surface area contributed by atoms with Crippen LogP contribution in [0.1, 0.15) is 12.8 Å². The molecule has 0 aromatic heterocycles. The first-order valence-electron chi connectivity index (χ1n) is 5.14. The fraction of sp³-hybridized carbons (Fsp3) is 0.400. The van der Waals surface area contributed by atoms with Gasteiger partial charge in [-0.1, -0.05) is 0 Å². The Morgan fingerprint density at radius 3 is 2.59 bits per heavy atom. The van der Waals surface area contributed by atoms with Crippen LogP contribution in [-0.4, -0.2) is 25.7 Å². The third kappa shape index (κ3) is 2.79. The number of aliphatic hydroxyl groups excluding tert-OH is 1. The normalized spacial score (nSPS) is 24.4. The molecule has 4 N–H and O–H groups in total. The summed E-state index contributed by atoms with van der Waals surface area (Å²) in [5, 5.41) is 9.11. The van der Waals surface area contributed by atoms with Gasteiger partial charge in [-0.05, 0) is 47.0 Å². The average molecular weight is 321 g/mol. The van der Waals surface area contributed by atoms with Gasteiger partial charge >= 0.3 is 0 Å². The Bertz CT molecular complexity index is 526. The standard InChI is InChI=1S/C10H13BrN2O3S/c11-9-5-8(1-2-10(9)12)17(15,16)13-6-3-7(14)4-6/h1-2,5-7,13-14H,3-4,12H2. The zero-order valence-corrected chi connectivity index (χ0v) is 11.3. The topological polar surface area (TPSA) is 92.4 Å². The van der Waals surface area contributed by atoms with Gasteiger partial charge in [0.1, 0.15) is 0 Å². The number of aliphatic hydroxyl groups is 1. The van der Waals surface area contributed by atoms with Crippen molar-refractivity contribution in [3.8, 4) is 0 Å². The number of nitrogens with one attached hydrogen (secondary N) is 1. The van der Waals surface area contributed by atoms with Gasteiger partial charge in [-0.2, -0.15) is 0 Å². The van der Waals surface area contributed by atoms with E-state index in [-0.39, 0.29) is 17.0 Å². The minimum absolute atomic E-state index is 0.167. The lowest BCUT2D eigenvalue weighted by Gasteiger charge is -2.31. The summed E-state index contributed by atoms with van der Waals surface area (Å²) in [6.45, 7) is 0. The molecule has 1 aromatic carbocycles. The average Bonchev–Trinajstić information content (AvgIpc) is 2.19. The zero-order valence-electron chi connectivity index (χ0n) is 8.93. The monoisotopic (exact) mass is 320 g/mol. The van der Waals surface area contributed by atoms with Crippen molar-refractivity contribution in [1.82, 2.24) is 4.72 Å². The molecule has 1 aliphatic rings. The van der Waals surface area contributed by atoms with Gasteiger partial charge < -0.3 is 10.8 Å². The highest BCUT2D eigenvalue weighted by Crippen LogP contribution is 2.25. The van der Waals surface area contributed by atoms with Crippen molar-refractivity contribution in [2.24, 2.45) is 0 Å². The molecule has 1 aromatic rings. The van der Waals surface area contributed by atoms with Gasteiger partial charge in [0.15, 0.2) is 0 Å². The summed E-state index contributed by atoms with van der Waals surface area (Å²) in [7, 11) is -3.53. The molecule has 94 valence electrons. The number of nitrogens with two attached hydrogens (primary N) is 1. The van der Waals surface area contributed by atoms with Crippen LogP contribution < -0.4 is 10.5 Å². The summed E-state index contributed by atoms with van der Waals surface area (Å²) in [6, 6.07) is 4.28. The smallest absolute Gasteiger partial charge is 0.240 e. The number of anilines is 1. The molecule has 0 radical (unpaired) electrons. The summed E-state index contributed by atoms with van der Waals surface area (Å²) in [6.07, 6.45) is 0.547. The number of hydrogen-bond donors (Lipinski definition) is 3. The van der Waals surface area contributed by atoms with Crippen LogP contribution >= 0.6 is 15.9 Å². The Hall–Kier alpha value is -0.630. The van der Waals surface area contributed by atoms with Crippen molar-refractivity contribution in [2.75, 3.05) is 5.73 Å². The van der Waals surface area contributed by atoms with E-state index in [1.165, 1.54) is 18.2 Å². The maximum absolute atomic E-state index is 12.0. The molecule has 7 heteroatoms. The minimum Gasteiger partial charge on any atom is -0.398 e. The Balaban J connectivity index is 2.17. The van der Waals surface area contributed by atoms with Crippen LogP contribution in [0.3, 0.4) is 0 Å². The van der Waals surface area contributed by atoms with Crippen molar-refractivity contribution in [2.45, 2.75) is 29.9 Å². The number of sulfonamides is 1. The van der Waals surface area contributed by atoms with Crippen molar-refractivity contribution in [1.29, 1.82) is 0 Å². The third-order valence-corrected chi connectivity index (χ3v) is 4.92. The summed E-state index contributed by atoms with van der Waals surface area (Å²) in [5.41, 5.74) is 6.08. The number of benzene rings is 1. The zero-order chi connectivity index (χ0) is 12.6. The Morgan fingerprint density at radius 2 is 2.06 bits per heavy atom. The van der Waals surface area contributed by atoms with Crippen LogP contribution in [0.5, 0.6) is 0 Å². The van der Waals surface area contributed by atoms with Gasteiger partial charge in [-0.15, -0.1) is 0 Å². The van der Waals surface area contributed by atoms with Crippen molar-refractivity contribution in [3.63, 3.8) is 0 Å². The van der Waals surface area contributed by atoms with E-state index in [4.69, 9.17) is 10.8 Å². The minimum atomic E-state index is -3.53. The van der Waals surface area contributed by atoms with Crippen LogP contribution in [0.4, 0.5) is 5.69 Å². The number of hydrogen-bond acceptors (Lipinski definition) is 4. The molecule has 2 rings (SSSR count). The summed E-state index contributed by atoms with van der Waals surface area (Å²) in [4.78, 5) is 0.167. The highest BCUT2D eigenvalue weighted by Gasteiger charge is 2.31. The fourth-order valence-corrected chi connectivity index (χ4v) is 3.46. The molecule has 0 bridgehead atoms. The highest BCUT2D eigenvalue weighted by molar-refractivity contribution is 9.10. The fourth-order valence-electron chi connectivity index (χ4n) is 1.65. The van der Waals surface area contributed by atoms with Gasteiger partial charge in [-0.3, -0.25) is 0 Å². The molecule has 0 unspecified atom stereocenters. The van der Waals surface area contributed by atoms with Crippen LogP contribution in [0.15, 0.2) is 27.6 Å². The van der Waals surface area contributed by atoms with Gasteiger partial charge in [0.2, 0.25) is 10.0 Å². The molecule has 0 spiro atoms.